The minimum absolute atomic E-state index is 1.12. The van der Waals surface area contributed by atoms with Crippen molar-refractivity contribution in [2.45, 2.75) is 0 Å². The fourth-order valence-electron chi connectivity index (χ4n) is 1.79. The van der Waals surface area contributed by atoms with E-state index in [0.717, 1.165) is 11.1 Å². The molecule has 1 aromatic rings. The summed E-state index contributed by atoms with van der Waals surface area (Å²) in [5.74, 6) is 0. The highest BCUT2D eigenvalue weighted by Gasteiger charge is 1.95. The molecule has 0 N–H and O–H groups in total. The van der Waals surface area contributed by atoms with E-state index >= 15 is 0 Å². The molecule has 1 heterocycles. The molecular formula is C18H12S. The Labute approximate surface area is 117 Å². The van der Waals surface area contributed by atoms with Crippen LogP contribution in [0.2, 0.25) is 0 Å². The summed E-state index contributed by atoms with van der Waals surface area (Å²) in [5.41, 5.74) is 8.56. The molecule has 3 rings (SSSR count). The van der Waals surface area contributed by atoms with Crippen molar-refractivity contribution in [1.82, 2.24) is 0 Å². The van der Waals surface area contributed by atoms with Gasteiger partial charge in [0.25, 0.3) is 0 Å². The fourth-order valence-corrected chi connectivity index (χ4v) is 2.60. The smallest absolute Gasteiger partial charge is 0.0277 e. The molecule has 0 bridgehead atoms. The van der Waals surface area contributed by atoms with Crippen LogP contribution < -0.4 is 0 Å². The van der Waals surface area contributed by atoms with E-state index in [4.69, 9.17) is 0 Å². The fraction of sp³-hybridized carbons (Fsp3) is 0. The van der Waals surface area contributed by atoms with Crippen LogP contribution in [0.1, 0.15) is 9.75 Å². The molecule has 1 aromatic heterocycles. The number of hydrogen-bond donors (Lipinski definition) is 0. The minimum atomic E-state index is 1.12. The molecule has 2 aliphatic rings. The van der Waals surface area contributed by atoms with Crippen molar-refractivity contribution in [3.63, 3.8) is 0 Å². The minimum Gasteiger partial charge on any atom is -0.137 e. The Bertz CT molecular complexity index is 670. The Hall–Kier alpha value is -2.30. The number of thiophene rings is 1. The summed E-state index contributed by atoms with van der Waals surface area (Å²) < 4.78 is 0. The average Bonchev–Trinajstić information content (AvgIpc) is 3.16. The van der Waals surface area contributed by atoms with Crippen molar-refractivity contribution >= 4 is 23.5 Å². The normalized spacial score (nSPS) is 16.2. The summed E-state index contributed by atoms with van der Waals surface area (Å²) in [5, 5.41) is 0. The van der Waals surface area contributed by atoms with E-state index in [9.17, 15) is 0 Å². The number of rotatable bonds is 4. The van der Waals surface area contributed by atoms with Crippen molar-refractivity contribution in [1.29, 1.82) is 0 Å². The quantitative estimate of drug-likeness (QED) is 0.662. The van der Waals surface area contributed by atoms with E-state index in [2.05, 4.69) is 60.1 Å². The summed E-state index contributed by atoms with van der Waals surface area (Å²) in [7, 11) is 0. The molecule has 2 aliphatic carbocycles. The van der Waals surface area contributed by atoms with E-state index in [0.29, 0.717) is 0 Å². The Morgan fingerprint density at radius 2 is 1.26 bits per heavy atom. The highest BCUT2D eigenvalue weighted by atomic mass is 32.1. The predicted molar refractivity (Wildman–Crippen MR) is 83.9 cm³/mol. The molecule has 0 atom stereocenters. The highest BCUT2D eigenvalue weighted by molar-refractivity contribution is 7.13. The SMILES string of the molecule is C1=CC=CC=1/C=C/c1ccc(/C=C/C2=C=CC=C2)s1. The summed E-state index contributed by atoms with van der Waals surface area (Å²) >= 11 is 1.78. The van der Waals surface area contributed by atoms with Crippen LogP contribution in [-0.2, 0) is 0 Å². The molecule has 19 heavy (non-hydrogen) atoms. The van der Waals surface area contributed by atoms with Crippen LogP contribution in [0, 0.1) is 0 Å². The molecule has 1 heteroatoms. The van der Waals surface area contributed by atoms with E-state index in [-0.39, 0.29) is 0 Å². The van der Waals surface area contributed by atoms with Gasteiger partial charge in [-0.15, -0.1) is 22.8 Å². The van der Waals surface area contributed by atoms with Gasteiger partial charge in [0.2, 0.25) is 0 Å². The number of hydrogen-bond acceptors (Lipinski definition) is 1. The second kappa shape index (κ2) is 5.56. The maximum atomic E-state index is 3.16. The standard InChI is InChI=1S/C18H12S/c1-2-6-15(5-1)9-11-17-13-14-18(19-17)12-10-16-7-3-4-8-16/h1-5,7,9-14H/b11-9+,12-10+. The maximum Gasteiger partial charge on any atom is 0.0277 e. The van der Waals surface area contributed by atoms with Crippen LogP contribution in [0.5, 0.6) is 0 Å². The molecular weight excluding hydrogens is 248 g/mol. The molecule has 0 fully saturated rings. The molecule has 0 nitrogen and oxygen atoms in total. The Morgan fingerprint density at radius 3 is 1.68 bits per heavy atom. The van der Waals surface area contributed by atoms with Gasteiger partial charge in [-0.2, -0.15) is 0 Å². The Balaban J connectivity index is 1.69. The van der Waals surface area contributed by atoms with Gasteiger partial charge in [0, 0.05) is 20.9 Å². The van der Waals surface area contributed by atoms with Crippen LogP contribution in [0.25, 0.3) is 12.2 Å². The summed E-state index contributed by atoms with van der Waals surface area (Å²) in [6.45, 7) is 0. The molecule has 90 valence electrons. The van der Waals surface area contributed by atoms with Gasteiger partial charge in [-0.3, -0.25) is 0 Å². The molecule has 0 amide bonds. The zero-order chi connectivity index (χ0) is 12.9. The first-order chi connectivity index (χ1) is 9.40. The van der Waals surface area contributed by atoms with Gasteiger partial charge in [-0.05, 0) is 60.7 Å². The first-order valence-corrected chi connectivity index (χ1v) is 6.94. The van der Waals surface area contributed by atoms with Crippen molar-refractivity contribution in [3.8, 4) is 0 Å². The topological polar surface area (TPSA) is 0 Å². The largest absolute Gasteiger partial charge is 0.137 e. The zero-order valence-corrected chi connectivity index (χ0v) is 11.2. The van der Waals surface area contributed by atoms with Gasteiger partial charge >= 0.3 is 0 Å². The van der Waals surface area contributed by atoms with Crippen molar-refractivity contribution in [2.24, 2.45) is 0 Å². The molecule has 0 aromatic carbocycles. The van der Waals surface area contributed by atoms with E-state index in [1.54, 1.807) is 11.3 Å². The van der Waals surface area contributed by atoms with Gasteiger partial charge in [0.1, 0.15) is 0 Å². The van der Waals surface area contributed by atoms with Crippen molar-refractivity contribution < 1.29 is 0 Å². The lowest BCUT2D eigenvalue weighted by Crippen LogP contribution is -1.63. The van der Waals surface area contributed by atoms with Gasteiger partial charge in [-0.25, -0.2) is 0 Å². The van der Waals surface area contributed by atoms with Crippen LogP contribution in [0.15, 0.2) is 83.3 Å². The second-order valence-corrected chi connectivity index (χ2v) is 5.30. The van der Waals surface area contributed by atoms with Crippen molar-refractivity contribution in [2.75, 3.05) is 0 Å². The average molecular weight is 260 g/mol. The van der Waals surface area contributed by atoms with Crippen LogP contribution in [-0.4, -0.2) is 0 Å². The third-order valence-corrected chi connectivity index (χ3v) is 3.76. The zero-order valence-electron chi connectivity index (χ0n) is 10.3. The second-order valence-electron chi connectivity index (χ2n) is 4.16. The Morgan fingerprint density at radius 1 is 0.737 bits per heavy atom. The monoisotopic (exact) mass is 260 g/mol. The van der Waals surface area contributed by atoms with Crippen LogP contribution in [0.3, 0.4) is 0 Å². The van der Waals surface area contributed by atoms with Gasteiger partial charge in [0.05, 0.1) is 0 Å². The van der Waals surface area contributed by atoms with Crippen LogP contribution >= 0.6 is 11.3 Å². The van der Waals surface area contributed by atoms with Gasteiger partial charge < -0.3 is 0 Å². The van der Waals surface area contributed by atoms with Crippen molar-refractivity contribution in [3.05, 3.63) is 93.1 Å². The first kappa shape index (κ1) is 11.8. The highest BCUT2D eigenvalue weighted by Crippen LogP contribution is 2.21. The van der Waals surface area contributed by atoms with E-state index in [1.165, 1.54) is 9.75 Å². The maximum absolute atomic E-state index is 3.16. The molecule has 0 spiro atoms. The number of allylic oxidation sites excluding steroid dienone is 8. The van der Waals surface area contributed by atoms with E-state index in [1.807, 2.05) is 24.3 Å². The lowest BCUT2D eigenvalue weighted by molar-refractivity contribution is 1.79. The molecule has 0 radical (unpaired) electrons. The summed E-state index contributed by atoms with van der Waals surface area (Å²) in [4.78, 5) is 2.50. The molecule has 0 saturated carbocycles. The summed E-state index contributed by atoms with van der Waals surface area (Å²) in [6, 6.07) is 4.27. The predicted octanol–water partition coefficient (Wildman–Crippen LogP) is 5.08. The molecule has 0 unspecified atom stereocenters. The third-order valence-electron chi connectivity index (χ3n) is 2.75. The van der Waals surface area contributed by atoms with Gasteiger partial charge in [0.15, 0.2) is 0 Å². The van der Waals surface area contributed by atoms with Gasteiger partial charge in [-0.1, -0.05) is 12.2 Å². The van der Waals surface area contributed by atoms with E-state index < -0.39 is 0 Å². The first-order valence-electron chi connectivity index (χ1n) is 6.13. The molecule has 0 aliphatic heterocycles. The molecule has 0 saturated heterocycles. The lowest BCUT2D eigenvalue weighted by atomic mass is 10.2. The third kappa shape index (κ3) is 3.13. The lowest BCUT2D eigenvalue weighted by Gasteiger charge is -1.86. The Kier molecular flexibility index (Phi) is 3.45. The summed E-state index contributed by atoms with van der Waals surface area (Å²) in [6.07, 6.45) is 20.4. The van der Waals surface area contributed by atoms with Crippen LogP contribution in [0.4, 0.5) is 0 Å².